The van der Waals surface area contributed by atoms with Crippen molar-refractivity contribution >= 4 is 33.6 Å². The number of hydrogen-bond donors (Lipinski definition) is 0. The molecule has 0 bridgehead atoms. The summed E-state index contributed by atoms with van der Waals surface area (Å²) in [5.41, 5.74) is 11.0. The summed E-state index contributed by atoms with van der Waals surface area (Å²) >= 11 is 0. The Morgan fingerprint density at radius 3 is 1.26 bits per heavy atom. The fraction of sp³-hybridized carbons (Fsp3) is 0.136. The smallest absolute Gasteiger partial charge is 0.0979 e. The third-order valence-electron chi connectivity index (χ3n) is 7.89. The molecule has 6 aromatic rings. The van der Waals surface area contributed by atoms with Gasteiger partial charge in [-0.05, 0) is 40.5 Å². The van der Waals surface area contributed by atoms with Gasteiger partial charge in [0.25, 0.3) is 0 Å². The van der Waals surface area contributed by atoms with Crippen LogP contribution in [0, 0.1) is 13.8 Å². The van der Waals surface area contributed by atoms with Crippen molar-refractivity contribution < 1.29 is 16.5 Å². The van der Waals surface area contributed by atoms with Gasteiger partial charge in [0.05, 0.1) is 22.8 Å². The number of nitrogens with zero attached hydrogens (tertiary/aromatic N) is 2. The first-order valence-electron chi connectivity index (χ1n) is 16.0. The van der Waals surface area contributed by atoms with E-state index < -0.39 is 0 Å². The Morgan fingerprint density at radius 2 is 0.851 bits per heavy atom. The van der Waals surface area contributed by atoms with Gasteiger partial charge in [-0.15, -0.1) is 24.3 Å². The predicted molar refractivity (Wildman–Crippen MR) is 199 cm³/mol. The molecule has 0 heterocycles. The van der Waals surface area contributed by atoms with Crippen LogP contribution in [0.1, 0.15) is 72.9 Å². The van der Waals surface area contributed by atoms with Gasteiger partial charge in [-0.25, -0.2) is 9.98 Å². The van der Waals surface area contributed by atoms with E-state index in [0.717, 1.165) is 39.5 Å². The van der Waals surface area contributed by atoms with Crippen molar-refractivity contribution in [2.45, 2.75) is 39.5 Å². The molecule has 0 saturated carbocycles. The van der Waals surface area contributed by atoms with Crippen LogP contribution in [0.4, 0.5) is 11.4 Å². The molecule has 6 aromatic carbocycles. The number of para-hydroxylation sites is 2. The molecule has 240 valence electrons. The van der Waals surface area contributed by atoms with E-state index >= 15 is 0 Å². The van der Waals surface area contributed by atoms with Gasteiger partial charge in [-0.1, -0.05) is 113 Å². The summed E-state index contributed by atoms with van der Waals surface area (Å²) in [5.74, 6) is 0.782. The molecule has 0 atom stereocenters. The Morgan fingerprint density at radius 1 is 0.447 bits per heavy atom. The fourth-order valence-corrected chi connectivity index (χ4v) is 5.56. The maximum atomic E-state index is 5.40. The molecule has 0 fully saturated rings. The summed E-state index contributed by atoms with van der Waals surface area (Å²) in [7, 11) is 0. The van der Waals surface area contributed by atoms with E-state index in [1.54, 1.807) is 0 Å². The molecule has 47 heavy (non-hydrogen) atoms. The minimum absolute atomic E-state index is 0. The van der Waals surface area contributed by atoms with Crippen molar-refractivity contribution in [3.63, 3.8) is 0 Å². The molecular weight excluding hydrogens is 615 g/mol. The van der Waals surface area contributed by atoms with Crippen molar-refractivity contribution in [2.75, 3.05) is 0 Å². The molecule has 3 heteroatoms. The van der Waals surface area contributed by atoms with Crippen LogP contribution in [0.25, 0.3) is 10.8 Å². The number of benzene rings is 6. The Hall–Kier alpha value is -4.85. The molecule has 0 aromatic heterocycles. The van der Waals surface area contributed by atoms with Crippen molar-refractivity contribution in [3.8, 4) is 0 Å². The summed E-state index contributed by atoms with van der Waals surface area (Å²) in [5, 5.41) is 2.48. The van der Waals surface area contributed by atoms with Gasteiger partial charge in [-0.3, -0.25) is 0 Å². The number of aliphatic imine (C=N–C) groups is 2. The Labute approximate surface area is 291 Å². The van der Waals surface area contributed by atoms with E-state index in [9.17, 15) is 0 Å². The minimum atomic E-state index is 0. The zero-order chi connectivity index (χ0) is 32.5. The normalized spacial score (nSPS) is 13.1. The minimum Gasteiger partial charge on any atom is -0.246 e. The van der Waals surface area contributed by atoms with E-state index in [2.05, 4.69) is 108 Å². The van der Waals surface area contributed by atoms with Crippen LogP contribution < -0.4 is 0 Å². The molecule has 0 spiro atoms. The summed E-state index contributed by atoms with van der Waals surface area (Å²) in [6, 6.07) is 49.5. The van der Waals surface area contributed by atoms with E-state index in [-0.39, 0.29) is 16.5 Å². The summed E-state index contributed by atoms with van der Waals surface area (Å²) < 4.78 is 0. The number of hydrogen-bond acceptors (Lipinski definition) is 2. The summed E-state index contributed by atoms with van der Waals surface area (Å²) in [4.78, 5) is 10.5. The molecule has 2 nitrogen and oxygen atoms in total. The molecule has 0 unspecified atom stereocenters. The second-order valence-corrected chi connectivity index (χ2v) is 12.0. The standard InChI is InChI=1S/C30H28N2.2C7H7.Ni/c1-19(2)23-15-10-16-24(20(3)4)28(23)32-30-26-18-9-12-21-11-8-17-25(27(21)26)29(30)31-22-13-6-5-7-14-22;2*1-7-5-3-2-4-6-7;/h5-20H,1-4H3;2*2-6H,1H2;/q;2*-1;. The van der Waals surface area contributed by atoms with Crippen LogP contribution in [0.2, 0.25) is 0 Å². The van der Waals surface area contributed by atoms with Crippen molar-refractivity contribution in [2.24, 2.45) is 9.98 Å². The fourth-order valence-electron chi connectivity index (χ4n) is 5.56. The molecule has 1 aliphatic carbocycles. The molecule has 0 saturated heterocycles. The third kappa shape index (κ3) is 8.70. The summed E-state index contributed by atoms with van der Waals surface area (Å²) in [6.07, 6.45) is 0. The molecule has 0 amide bonds. The first-order valence-corrected chi connectivity index (χ1v) is 16.0. The topological polar surface area (TPSA) is 24.7 Å². The SMILES string of the molecule is CC(C)c1cccc(C(C)C)c1N=C1C(=Nc2ccccc2)c2cccc3cccc1c23.[CH2-]c1ccccc1.[CH2-]c1ccccc1.[Ni]. The van der Waals surface area contributed by atoms with Crippen LogP contribution in [0.15, 0.2) is 156 Å². The van der Waals surface area contributed by atoms with Gasteiger partial charge in [0, 0.05) is 33.0 Å². The Bertz CT molecular complexity index is 1870. The van der Waals surface area contributed by atoms with Crippen LogP contribution in [0.3, 0.4) is 0 Å². The summed E-state index contributed by atoms with van der Waals surface area (Å²) in [6.45, 7) is 16.4. The Balaban J connectivity index is 0.000000275. The average molecular weight is 658 g/mol. The zero-order valence-corrected chi connectivity index (χ0v) is 28.6. The van der Waals surface area contributed by atoms with E-state index in [4.69, 9.17) is 9.98 Å². The quantitative estimate of drug-likeness (QED) is 0.133. The number of rotatable bonds is 4. The second-order valence-electron chi connectivity index (χ2n) is 12.0. The third-order valence-corrected chi connectivity index (χ3v) is 7.89. The van der Waals surface area contributed by atoms with Crippen LogP contribution in [-0.4, -0.2) is 11.4 Å². The zero-order valence-electron chi connectivity index (χ0n) is 27.6. The monoisotopic (exact) mass is 656 g/mol. The van der Waals surface area contributed by atoms with Crippen LogP contribution in [-0.2, 0) is 16.5 Å². The first kappa shape index (κ1) is 35.0. The Kier molecular flexibility index (Phi) is 12.4. The van der Waals surface area contributed by atoms with Crippen molar-refractivity contribution in [1.82, 2.24) is 0 Å². The second kappa shape index (κ2) is 16.6. The maximum absolute atomic E-state index is 5.40. The first-order chi connectivity index (χ1) is 22.3. The van der Waals surface area contributed by atoms with Crippen molar-refractivity contribution in [3.05, 3.63) is 193 Å². The molecule has 0 N–H and O–H groups in total. The van der Waals surface area contributed by atoms with Crippen LogP contribution >= 0.6 is 0 Å². The van der Waals surface area contributed by atoms with E-state index in [0.29, 0.717) is 11.8 Å². The molecule has 1 aliphatic rings. The average Bonchev–Trinajstić information content (AvgIpc) is 3.36. The van der Waals surface area contributed by atoms with E-state index in [1.807, 2.05) is 78.9 Å². The molecule has 7 rings (SSSR count). The predicted octanol–water partition coefficient (Wildman–Crippen LogP) is 12.1. The van der Waals surface area contributed by atoms with Gasteiger partial charge in [0.2, 0.25) is 0 Å². The van der Waals surface area contributed by atoms with Gasteiger partial charge in [0.15, 0.2) is 0 Å². The van der Waals surface area contributed by atoms with E-state index in [1.165, 1.54) is 27.5 Å². The van der Waals surface area contributed by atoms with Crippen molar-refractivity contribution in [1.29, 1.82) is 0 Å². The largest absolute Gasteiger partial charge is 0.246 e. The van der Waals surface area contributed by atoms with Crippen LogP contribution in [0.5, 0.6) is 0 Å². The van der Waals surface area contributed by atoms with Gasteiger partial charge >= 0.3 is 0 Å². The molecule has 0 radical (unpaired) electrons. The van der Waals surface area contributed by atoms with Gasteiger partial charge < -0.3 is 0 Å². The molecular formula is C44H42N2Ni-2. The van der Waals surface area contributed by atoms with Gasteiger partial charge in [0.1, 0.15) is 0 Å². The molecule has 0 aliphatic heterocycles. The maximum Gasteiger partial charge on any atom is 0.0979 e. The van der Waals surface area contributed by atoms with Gasteiger partial charge in [-0.2, -0.15) is 49.2 Å².